The Kier molecular flexibility index (Phi) is 4.11. The minimum absolute atomic E-state index is 0. The van der Waals surface area contributed by atoms with E-state index in [2.05, 4.69) is 62.0 Å². The zero-order valence-corrected chi connectivity index (χ0v) is 10.4. The third-order valence-corrected chi connectivity index (χ3v) is 2.69. The van der Waals surface area contributed by atoms with Gasteiger partial charge in [-0.3, -0.25) is 0 Å². The Bertz CT molecular complexity index is 492. The van der Waals surface area contributed by atoms with Gasteiger partial charge in [0.05, 0.1) is 0 Å². The van der Waals surface area contributed by atoms with Gasteiger partial charge in [0.25, 0.3) is 0 Å². The van der Waals surface area contributed by atoms with Crippen molar-refractivity contribution in [1.82, 2.24) is 0 Å². The molecule has 0 aliphatic heterocycles. The molecule has 0 radical (unpaired) electrons. The lowest BCUT2D eigenvalue weighted by Crippen LogP contribution is -3.00. The summed E-state index contributed by atoms with van der Waals surface area (Å²) in [5.74, 6) is 0. The fraction of sp³-hybridized carbons (Fsp3) is 0.143. The van der Waals surface area contributed by atoms with Gasteiger partial charge >= 0.3 is 0 Å². The third kappa shape index (κ3) is 2.63. The molecule has 0 aromatic heterocycles. The summed E-state index contributed by atoms with van der Waals surface area (Å²) in [7, 11) is 0. The monoisotopic (exact) mass is 233 g/mol. The molecule has 0 fully saturated rings. The Morgan fingerprint density at radius 2 is 1.56 bits per heavy atom. The second-order valence-electron chi connectivity index (χ2n) is 4.01. The second-order valence-corrected chi connectivity index (χ2v) is 4.01. The molecule has 2 rings (SSSR count). The Morgan fingerprint density at radius 1 is 0.875 bits per heavy atom. The van der Waals surface area contributed by atoms with Crippen LogP contribution in [0.15, 0.2) is 42.5 Å². The lowest BCUT2D eigenvalue weighted by atomic mass is 10.0. The van der Waals surface area contributed by atoms with Crippen LogP contribution in [0.2, 0.25) is 0 Å². The van der Waals surface area contributed by atoms with Gasteiger partial charge in [0.2, 0.25) is 0 Å². The summed E-state index contributed by atoms with van der Waals surface area (Å²) in [6.07, 6.45) is 0. The minimum Gasteiger partial charge on any atom is -1.00 e. The highest BCUT2D eigenvalue weighted by Crippen LogP contribution is 2.23. The van der Waals surface area contributed by atoms with Gasteiger partial charge in [-0.05, 0) is 43.2 Å². The molecule has 2 aromatic rings. The summed E-state index contributed by atoms with van der Waals surface area (Å²) >= 11 is 0. The van der Waals surface area contributed by atoms with E-state index in [1.54, 1.807) is 0 Å². The van der Waals surface area contributed by atoms with E-state index < -0.39 is 0 Å². The minimum atomic E-state index is 0. The number of aryl methyl sites for hydroxylation is 2. The van der Waals surface area contributed by atoms with Crippen LogP contribution in [-0.4, -0.2) is 0 Å². The third-order valence-electron chi connectivity index (χ3n) is 2.69. The lowest BCUT2D eigenvalue weighted by Gasteiger charge is -2.04. The molecule has 0 unspecified atom stereocenters. The molecule has 84 valence electrons. The van der Waals surface area contributed by atoms with Crippen LogP contribution in [0.1, 0.15) is 11.1 Å². The first-order valence-corrected chi connectivity index (χ1v) is 5.16. The van der Waals surface area contributed by atoms with E-state index in [1.807, 2.05) is 0 Å². The van der Waals surface area contributed by atoms with Crippen molar-refractivity contribution in [3.8, 4) is 11.1 Å². The average molecular weight is 234 g/mol. The predicted molar refractivity (Wildman–Crippen MR) is 63.9 cm³/mol. The van der Waals surface area contributed by atoms with E-state index in [0.29, 0.717) is 0 Å². The Hall–Kier alpha value is -1.31. The van der Waals surface area contributed by atoms with Crippen molar-refractivity contribution in [2.75, 3.05) is 0 Å². The van der Waals surface area contributed by atoms with Gasteiger partial charge in [0.15, 0.2) is 0 Å². The summed E-state index contributed by atoms with van der Waals surface area (Å²) in [6, 6.07) is 15.0. The van der Waals surface area contributed by atoms with Gasteiger partial charge in [-0.25, -0.2) is 0 Å². The van der Waals surface area contributed by atoms with Gasteiger partial charge in [0.1, 0.15) is 5.69 Å². The first-order chi connectivity index (χ1) is 7.16. The molecule has 0 aliphatic rings. The van der Waals surface area contributed by atoms with E-state index in [4.69, 9.17) is 0 Å². The highest BCUT2D eigenvalue weighted by atomic mass is 35.5. The Morgan fingerprint density at radius 3 is 2.19 bits per heavy atom. The quantitative estimate of drug-likeness (QED) is 0.710. The fourth-order valence-corrected chi connectivity index (χ4v) is 1.70. The van der Waals surface area contributed by atoms with E-state index in [9.17, 15) is 0 Å². The topological polar surface area (TPSA) is 27.6 Å². The molecule has 0 bridgehead atoms. The molecular weight excluding hydrogens is 218 g/mol. The van der Waals surface area contributed by atoms with Crippen LogP contribution in [0, 0.1) is 13.8 Å². The molecule has 0 aliphatic carbocycles. The molecule has 2 heteroatoms. The van der Waals surface area contributed by atoms with Crippen LogP contribution >= 0.6 is 0 Å². The number of hydrogen-bond acceptors (Lipinski definition) is 0. The number of hydrogen-bond donors (Lipinski definition) is 1. The molecule has 0 atom stereocenters. The lowest BCUT2D eigenvalue weighted by molar-refractivity contribution is -0.255. The second kappa shape index (κ2) is 5.15. The zero-order valence-electron chi connectivity index (χ0n) is 9.63. The van der Waals surface area contributed by atoms with Crippen LogP contribution in [0.3, 0.4) is 0 Å². The molecular formula is C14H16ClN. The molecule has 0 saturated heterocycles. The molecule has 0 saturated carbocycles. The largest absolute Gasteiger partial charge is 1.00 e. The Balaban J connectivity index is 0.00000128. The van der Waals surface area contributed by atoms with Crippen molar-refractivity contribution < 1.29 is 18.1 Å². The summed E-state index contributed by atoms with van der Waals surface area (Å²) in [6.45, 7) is 4.22. The van der Waals surface area contributed by atoms with Crippen LogP contribution in [0.25, 0.3) is 11.1 Å². The van der Waals surface area contributed by atoms with E-state index in [1.165, 1.54) is 22.3 Å². The Labute approximate surface area is 103 Å². The van der Waals surface area contributed by atoms with Crippen molar-refractivity contribution in [3.05, 3.63) is 53.6 Å². The maximum Gasteiger partial charge on any atom is 0.130 e. The molecule has 3 N–H and O–H groups in total. The summed E-state index contributed by atoms with van der Waals surface area (Å²) in [4.78, 5) is 0. The summed E-state index contributed by atoms with van der Waals surface area (Å²) in [5.41, 5.74) is 10.2. The van der Waals surface area contributed by atoms with E-state index in [0.717, 1.165) is 5.69 Å². The molecule has 1 nitrogen and oxygen atoms in total. The number of benzene rings is 2. The van der Waals surface area contributed by atoms with Gasteiger partial charge < -0.3 is 18.1 Å². The fourth-order valence-electron chi connectivity index (χ4n) is 1.70. The van der Waals surface area contributed by atoms with Gasteiger partial charge in [-0.15, -0.1) is 0 Å². The summed E-state index contributed by atoms with van der Waals surface area (Å²) in [5, 5.41) is 0. The highest BCUT2D eigenvalue weighted by Gasteiger charge is 2.01. The van der Waals surface area contributed by atoms with Gasteiger partial charge in [-0.1, -0.05) is 29.8 Å². The SMILES string of the molecule is Cc1cccc(-c2ccc([NH3+])c(C)c2)c1.[Cl-]. The van der Waals surface area contributed by atoms with Gasteiger partial charge in [0, 0.05) is 5.56 Å². The van der Waals surface area contributed by atoms with Crippen LogP contribution in [-0.2, 0) is 0 Å². The molecule has 0 spiro atoms. The number of halogens is 1. The van der Waals surface area contributed by atoms with Crippen molar-refractivity contribution >= 4 is 5.69 Å². The van der Waals surface area contributed by atoms with Crippen LogP contribution in [0.5, 0.6) is 0 Å². The zero-order chi connectivity index (χ0) is 10.8. The highest BCUT2D eigenvalue weighted by molar-refractivity contribution is 5.66. The maximum absolute atomic E-state index is 3.97. The molecule has 2 aromatic carbocycles. The van der Waals surface area contributed by atoms with Crippen molar-refractivity contribution in [3.63, 3.8) is 0 Å². The summed E-state index contributed by atoms with van der Waals surface area (Å²) < 4.78 is 0. The molecule has 0 amide bonds. The average Bonchev–Trinajstić information content (AvgIpc) is 2.22. The van der Waals surface area contributed by atoms with Gasteiger partial charge in [-0.2, -0.15) is 0 Å². The molecule has 0 heterocycles. The maximum atomic E-state index is 3.97. The van der Waals surface area contributed by atoms with Crippen molar-refractivity contribution in [2.24, 2.45) is 0 Å². The van der Waals surface area contributed by atoms with Crippen molar-refractivity contribution in [1.29, 1.82) is 0 Å². The van der Waals surface area contributed by atoms with E-state index in [-0.39, 0.29) is 12.4 Å². The molecule has 16 heavy (non-hydrogen) atoms. The van der Waals surface area contributed by atoms with Crippen molar-refractivity contribution in [2.45, 2.75) is 13.8 Å². The predicted octanol–water partition coefficient (Wildman–Crippen LogP) is -0.152. The first kappa shape index (κ1) is 12.8. The normalized spacial score (nSPS) is 9.69. The number of quaternary nitrogens is 1. The van der Waals surface area contributed by atoms with Crippen LogP contribution < -0.4 is 18.1 Å². The standard InChI is InChI=1S/C14H15N.ClH/c1-10-4-3-5-12(8-10)13-6-7-14(15)11(2)9-13;/h3-9H,15H2,1-2H3;1H. The first-order valence-electron chi connectivity index (χ1n) is 5.16. The van der Waals surface area contributed by atoms with Crippen LogP contribution in [0.4, 0.5) is 5.69 Å². The van der Waals surface area contributed by atoms with E-state index >= 15 is 0 Å². The smallest absolute Gasteiger partial charge is 0.130 e. The number of rotatable bonds is 1.